The van der Waals surface area contributed by atoms with Gasteiger partial charge in [0.1, 0.15) is 0 Å². The normalized spacial score (nSPS) is 13.2. The Morgan fingerprint density at radius 1 is 1.12 bits per heavy atom. The average Bonchev–Trinajstić information content (AvgIpc) is 3.22. The quantitative estimate of drug-likeness (QED) is 0.595. The highest BCUT2D eigenvalue weighted by Gasteiger charge is 2.27. The maximum atomic E-state index is 12.6. The predicted molar refractivity (Wildman–Crippen MR) is 92.8 cm³/mol. The van der Waals surface area contributed by atoms with Crippen LogP contribution in [0.4, 0.5) is 0 Å². The average molecular weight is 317 g/mol. The van der Waals surface area contributed by atoms with E-state index in [0.29, 0.717) is 17.7 Å². The van der Waals surface area contributed by atoms with Crippen molar-refractivity contribution in [2.75, 3.05) is 0 Å². The molecule has 1 aromatic heterocycles. The van der Waals surface area contributed by atoms with Crippen molar-refractivity contribution >= 4 is 18.4 Å². The lowest BCUT2D eigenvalue weighted by Crippen LogP contribution is -2.28. The molecule has 0 fully saturated rings. The molecule has 1 aliphatic heterocycles. The molecule has 5 heteroatoms. The number of nitrogens with zero attached hydrogens (tertiary/aromatic N) is 1. The first-order valence-corrected chi connectivity index (χ1v) is 7.84. The summed E-state index contributed by atoms with van der Waals surface area (Å²) in [6, 6.07) is 15.2. The Bertz CT molecular complexity index is 915. The minimum atomic E-state index is -0.871. The van der Waals surface area contributed by atoms with Gasteiger partial charge in [-0.3, -0.25) is 4.79 Å². The Balaban J connectivity index is 1.64. The molecule has 24 heavy (non-hydrogen) atoms. The molecule has 2 aromatic carbocycles. The third kappa shape index (κ3) is 2.58. The number of carbonyl (C=O) groups is 1. The Morgan fingerprint density at radius 2 is 1.92 bits per heavy atom. The van der Waals surface area contributed by atoms with Crippen LogP contribution in [-0.2, 0) is 11.3 Å². The fourth-order valence-corrected chi connectivity index (χ4v) is 2.93. The van der Waals surface area contributed by atoms with Gasteiger partial charge in [-0.05, 0) is 36.1 Å². The van der Waals surface area contributed by atoms with Gasteiger partial charge in [-0.2, -0.15) is 0 Å². The molecule has 3 aromatic rings. The summed E-state index contributed by atoms with van der Waals surface area (Å²) in [5.74, 6) is -0.00159. The Labute approximate surface area is 140 Å². The van der Waals surface area contributed by atoms with Gasteiger partial charge < -0.3 is 14.2 Å². The second-order valence-electron chi connectivity index (χ2n) is 6.05. The molecule has 0 radical (unpaired) electrons. The lowest BCUT2D eigenvalue weighted by molar-refractivity contribution is 0.103. The highest BCUT2D eigenvalue weighted by Crippen LogP contribution is 2.17. The standard InChI is InChI=1S/C19H16BNO3/c1-13-2-4-14(5-3-13)19(22)15-8-9-21(11-15)17-7-6-16-12-24-20(23)18(16)10-17/h2-11,23H,12H2,1H3. The molecule has 4 rings (SSSR count). The molecule has 118 valence electrons. The minimum Gasteiger partial charge on any atom is -0.423 e. The maximum absolute atomic E-state index is 12.6. The van der Waals surface area contributed by atoms with Gasteiger partial charge >= 0.3 is 7.12 Å². The number of rotatable bonds is 3. The monoisotopic (exact) mass is 317 g/mol. The van der Waals surface area contributed by atoms with Crippen molar-refractivity contribution in [1.29, 1.82) is 0 Å². The fraction of sp³-hybridized carbons (Fsp3) is 0.105. The van der Waals surface area contributed by atoms with Crippen molar-refractivity contribution in [3.8, 4) is 5.69 Å². The van der Waals surface area contributed by atoms with E-state index in [9.17, 15) is 9.82 Å². The van der Waals surface area contributed by atoms with Gasteiger partial charge in [0.15, 0.2) is 5.78 Å². The van der Waals surface area contributed by atoms with E-state index in [4.69, 9.17) is 4.65 Å². The molecule has 0 amide bonds. The maximum Gasteiger partial charge on any atom is 0.491 e. The van der Waals surface area contributed by atoms with Crippen LogP contribution in [-0.4, -0.2) is 22.5 Å². The largest absolute Gasteiger partial charge is 0.491 e. The van der Waals surface area contributed by atoms with Gasteiger partial charge in [0.2, 0.25) is 0 Å². The number of aromatic nitrogens is 1. The molecule has 0 saturated carbocycles. The van der Waals surface area contributed by atoms with E-state index >= 15 is 0 Å². The topological polar surface area (TPSA) is 51.5 Å². The van der Waals surface area contributed by atoms with Crippen molar-refractivity contribution in [3.63, 3.8) is 0 Å². The summed E-state index contributed by atoms with van der Waals surface area (Å²) in [7, 11) is -0.871. The number of fused-ring (bicyclic) bond motifs is 1. The molecule has 1 N–H and O–H groups in total. The molecule has 4 nitrogen and oxygen atoms in total. The second-order valence-corrected chi connectivity index (χ2v) is 6.05. The molecule has 0 saturated heterocycles. The number of carbonyl (C=O) groups excluding carboxylic acids is 1. The predicted octanol–water partition coefficient (Wildman–Crippen LogP) is 2.23. The van der Waals surface area contributed by atoms with Gasteiger partial charge in [0, 0.05) is 29.2 Å². The zero-order chi connectivity index (χ0) is 16.7. The first-order valence-electron chi connectivity index (χ1n) is 7.84. The van der Waals surface area contributed by atoms with Crippen molar-refractivity contribution < 1.29 is 14.5 Å². The van der Waals surface area contributed by atoms with E-state index in [1.807, 2.05) is 72.4 Å². The van der Waals surface area contributed by atoms with Crippen LogP contribution < -0.4 is 5.46 Å². The second kappa shape index (κ2) is 5.78. The molecule has 0 unspecified atom stereocenters. The van der Waals surface area contributed by atoms with Crippen LogP contribution in [0.5, 0.6) is 0 Å². The molecular weight excluding hydrogens is 301 g/mol. The summed E-state index contributed by atoms with van der Waals surface area (Å²) >= 11 is 0. The van der Waals surface area contributed by atoms with Crippen molar-refractivity contribution in [2.45, 2.75) is 13.5 Å². The number of hydrogen-bond donors (Lipinski definition) is 1. The minimum absolute atomic E-state index is 0.00159. The Kier molecular flexibility index (Phi) is 3.60. The summed E-state index contributed by atoms with van der Waals surface area (Å²) in [5.41, 5.74) is 5.11. The van der Waals surface area contributed by atoms with Crippen LogP contribution in [0.25, 0.3) is 5.69 Å². The van der Waals surface area contributed by atoms with Crippen molar-refractivity contribution in [2.24, 2.45) is 0 Å². The summed E-state index contributed by atoms with van der Waals surface area (Å²) in [5, 5.41) is 9.83. The molecule has 2 heterocycles. The number of aryl methyl sites for hydroxylation is 1. The lowest BCUT2D eigenvalue weighted by atomic mass is 9.79. The highest BCUT2D eigenvalue weighted by atomic mass is 16.5. The van der Waals surface area contributed by atoms with Crippen LogP contribution in [0.1, 0.15) is 27.0 Å². The van der Waals surface area contributed by atoms with Crippen molar-refractivity contribution in [3.05, 3.63) is 83.2 Å². The zero-order valence-corrected chi connectivity index (χ0v) is 13.3. The third-order valence-corrected chi connectivity index (χ3v) is 4.36. The van der Waals surface area contributed by atoms with Gasteiger partial charge in [0.05, 0.1) is 6.61 Å². The number of hydrogen-bond acceptors (Lipinski definition) is 3. The van der Waals surface area contributed by atoms with Gasteiger partial charge in [-0.25, -0.2) is 0 Å². The van der Waals surface area contributed by atoms with Gasteiger partial charge in [-0.15, -0.1) is 0 Å². The van der Waals surface area contributed by atoms with E-state index < -0.39 is 7.12 Å². The van der Waals surface area contributed by atoms with Crippen LogP contribution in [0.2, 0.25) is 0 Å². The van der Waals surface area contributed by atoms with Crippen LogP contribution >= 0.6 is 0 Å². The van der Waals surface area contributed by atoms with E-state index in [2.05, 4.69) is 0 Å². The Morgan fingerprint density at radius 3 is 2.71 bits per heavy atom. The van der Waals surface area contributed by atoms with Gasteiger partial charge in [-0.1, -0.05) is 35.9 Å². The van der Waals surface area contributed by atoms with Gasteiger partial charge in [0.25, 0.3) is 0 Å². The van der Waals surface area contributed by atoms with Crippen LogP contribution in [0, 0.1) is 6.92 Å². The first kappa shape index (κ1) is 14.9. The third-order valence-electron chi connectivity index (χ3n) is 4.36. The molecule has 0 atom stereocenters. The van der Waals surface area contributed by atoms with E-state index in [1.165, 1.54) is 0 Å². The van der Waals surface area contributed by atoms with Crippen LogP contribution in [0.15, 0.2) is 60.9 Å². The first-order chi connectivity index (χ1) is 11.6. The SMILES string of the molecule is Cc1ccc(C(=O)c2ccn(-c3ccc4c(c3)B(O)OC4)c2)cc1. The Hall–Kier alpha value is -2.63. The summed E-state index contributed by atoms with van der Waals surface area (Å²) in [6.45, 7) is 2.43. The molecule has 1 aliphatic rings. The molecule has 0 spiro atoms. The zero-order valence-electron chi connectivity index (χ0n) is 13.3. The molecular formula is C19H16BNO3. The van der Waals surface area contributed by atoms with E-state index in [0.717, 1.165) is 22.3 Å². The van der Waals surface area contributed by atoms with Crippen LogP contribution in [0.3, 0.4) is 0 Å². The summed E-state index contributed by atoms with van der Waals surface area (Å²) in [6.07, 6.45) is 3.66. The number of benzene rings is 2. The number of ketones is 1. The van der Waals surface area contributed by atoms with E-state index in [-0.39, 0.29) is 5.78 Å². The lowest BCUT2D eigenvalue weighted by Gasteiger charge is -2.06. The smallest absolute Gasteiger partial charge is 0.423 e. The molecule has 0 bridgehead atoms. The fourth-order valence-electron chi connectivity index (χ4n) is 2.93. The van der Waals surface area contributed by atoms with Crippen molar-refractivity contribution in [1.82, 2.24) is 4.57 Å². The summed E-state index contributed by atoms with van der Waals surface area (Å²) in [4.78, 5) is 12.6. The molecule has 0 aliphatic carbocycles. The van der Waals surface area contributed by atoms with E-state index in [1.54, 1.807) is 0 Å². The summed E-state index contributed by atoms with van der Waals surface area (Å²) < 4.78 is 7.10. The highest BCUT2D eigenvalue weighted by molar-refractivity contribution is 6.61.